The van der Waals surface area contributed by atoms with E-state index < -0.39 is 41.9 Å². The van der Waals surface area contributed by atoms with E-state index in [0.29, 0.717) is 24.8 Å². The Kier molecular flexibility index (Phi) is 12.1. The highest BCUT2D eigenvalue weighted by Gasteiger charge is 2.43. The Morgan fingerprint density at radius 3 is 2.28 bits per heavy atom. The molecule has 8 nitrogen and oxygen atoms in total. The zero-order valence-electron chi connectivity index (χ0n) is 25.7. The van der Waals surface area contributed by atoms with E-state index in [2.05, 4.69) is 11.5 Å². The Hall–Kier alpha value is -1.87. The number of Topliss-reactive ketones (excluding diaryl/α,β-unsaturated/α-hetero) is 2. The molecule has 2 aliphatic heterocycles. The third-order valence-corrected chi connectivity index (χ3v) is 8.58. The van der Waals surface area contributed by atoms with E-state index in [1.54, 1.807) is 32.9 Å². The molecule has 222 valence electrons. The maximum atomic E-state index is 13.7. The lowest BCUT2D eigenvalue weighted by atomic mass is 9.79. The summed E-state index contributed by atoms with van der Waals surface area (Å²) < 4.78 is 24.4. The summed E-state index contributed by atoms with van der Waals surface area (Å²) >= 11 is 0. The summed E-state index contributed by atoms with van der Waals surface area (Å²) in [5.41, 5.74) is -0.687. The van der Waals surface area contributed by atoms with Gasteiger partial charge in [0, 0.05) is 31.4 Å². The first-order chi connectivity index (χ1) is 18.2. The summed E-state index contributed by atoms with van der Waals surface area (Å²) in [6.45, 7) is 16.8. The zero-order chi connectivity index (χ0) is 29.7. The van der Waals surface area contributed by atoms with E-state index in [1.807, 2.05) is 41.8 Å². The molecular formula is C31H51NO7. The number of rotatable bonds is 6. The van der Waals surface area contributed by atoms with Crippen molar-refractivity contribution in [3.63, 3.8) is 0 Å². The topological polar surface area (TPSA) is 91.4 Å². The van der Waals surface area contributed by atoms with Gasteiger partial charge in [0.15, 0.2) is 17.9 Å². The maximum absolute atomic E-state index is 13.7. The van der Waals surface area contributed by atoms with E-state index in [1.165, 1.54) is 7.11 Å². The molecule has 0 unspecified atom stereocenters. The molecule has 0 aromatic carbocycles. The summed E-state index contributed by atoms with van der Waals surface area (Å²) in [6, 6.07) is 0.289. The Morgan fingerprint density at radius 2 is 1.74 bits per heavy atom. The zero-order valence-corrected chi connectivity index (χ0v) is 25.7. The number of cyclic esters (lactones) is 1. The van der Waals surface area contributed by atoms with Gasteiger partial charge in [-0.05, 0) is 71.7 Å². The first-order valence-corrected chi connectivity index (χ1v) is 14.3. The van der Waals surface area contributed by atoms with E-state index in [0.717, 1.165) is 6.42 Å². The molecule has 0 spiro atoms. The van der Waals surface area contributed by atoms with Crippen LogP contribution in [0.4, 0.5) is 0 Å². The minimum atomic E-state index is -1.20. The van der Waals surface area contributed by atoms with Crippen LogP contribution in [0.3, 0.4) is 0 Å². The van der Waals surface area contributed by atoms with Gasteiger partial charge >= 0.3 is 5.97 Å². The summed E-state index contributed by atoms with van der Waals surface area (Å²) in [5, 5.41) is 0. The summed E-state index contributed by atoms with van der Waals surface area (Å²) in [4.78, 5) is 42.6. The molecule has 1 fully saturated rings. The van der Waals surface area contributed by atoms with Gasteiger partial charge in [0.1, 0.15) is 17.6 Å². The summed E-state index contributed by atoms with van der Waals surface area (Å²) in [6.07, 6.45) is 3.95. The first-order valence-electron chi connectivity index (χ1n) is 14.3. The minimum Gasteiger partial charge on any atom is -0.458 e. The number of methoxy groups -OCH3 is 1. The van der Waals surface area contributed by atoms with Gasteiger partial charge in [-0.15, -0.1) is 0 Å². The highest BCUT2D eigenvalue weighted by molar-refractivity contribution is 6.00. The van der Waals surface area contributed by atoms with E-state index in [-0.39, 0.29) is 35.5 Å². The molecule has 39 heavy (non-hydrogen) atoms. The third-order valence-electron chi connectivity index (χ3n) is 8.58. The van der Waals surface area contributed by atoms with Crippen LogP contribution in [0, 0.1) is 23.7 Å². The average molecular weight is 550 g/mol. The molecule has 8 heteroatoms. The van der Waals surface area contributed by atoms with E-state index in [4.69, 9.17) is 18.9 Å². The minimum absolute atomic E-state index is 0.00931. The van der Waals surface area contributed by atoms with Crippen molar-refractivity contribution in [3.8, 4) is 0 Å². The number of hydrogen-bond acceptors (Lipinski definition) is 8. The number of ether oxygens (including phenoxy) is 4. The molecule has 2 rings (SSSR count). The molecule has 0 bridgehead atoms. The quantitative estimate of drug-likeness (QED) is 0.266. The summed E-state index contributed by atoms with van der Waals surface area (Å²) in [7, 11) is 5.58. The van der Waals surface area contributed by atoms with Crippen molar-refractivity contribution in [2.24, 2.45) is 23.7 Å². The highest BCUT2D eigenvalue weighted by Crippen LogP contribution is 2.34. The van der Waals surface area contributed by atoms with Crippen LogP contribution in [0.25, 0.3) is 0 Å². The van der Waals surface area contributed by atoms with Crippen LogP contribution in [-0.2, 0) is 33.3 Å². The molecule has 10 atom stereocenters. The number of carbonyl (C=O) groups is 3. The van der Waals surface area contributed by atoms with Gasteiger partial charge in [0.25, 0.3) is 0 Å². The van der Waals surface area contributed by atoms with Crippen LogP contribution in [-0.4, -0.2) is 79.9 Å². The molecule has 0 radical (unpaired) electrons. The van der Waals surface area contributed by atoms with Gasteiger partial charge in [-0.2, -0.15) is 0 Å². The number of ketones is 2. The molecule has 2 aliphatic rings. The van der Waals surface area contributed by atoms with Gasteiger partial charge in [-0.25, -0.2) is 0 Å². The van der Waals surface area contributed by atoms with E-state index in [9.17, 15) is 14.4 Å². The second kappa shape index (κ2) is 14.2. The fourth-order valence-corrected chi connectivity index (χ4v) is 6.06. The van der Waals surface area contributed by atoms with Crippen molar-refractivity contribution in [2.45, 2.75) is 110 Å². The summed E-state index contributed by atoms with van der Waals surface area (Å²) in [5.74, 6) is -3.03. The third kappa shape index (κ3) is 7.87. The van der Waals surface area contributed by atoms with Crippen LogP contribution in [0.1, 0.15) is 74.1 Å². The predicted octanol–water partition coefficient (Wildman–Crippen LogP) is 4.75. The Bertz CT molecular complexity index is 915. The van der Waals surface area contributed by atoms with E-state index >= 15 is 0 Å². The van der Waals surface area contributed by atoms with Gasteiger partial charge in [-0.1, -0.05) is 40.3 Å². The molecule has 0 aliphatic carbocycles. The number of allylic oxidation sites excluding steroid dienone is 1. The van der Waals surface area contributed by atoms with Crippen molar-refractivity contribution < 1.29 is 33.3 Å². The van der Waals surface area contributed by atoms with Crippen LogP contribution in [0.2, 0.25) is 0 Å². The molecule has 0 saturated carbocycles. The standard InChI is InChI=1S/C31H51NO7/c1-12-25-31(13-2,36-11)17-20(5)27(33)18(3)14-19(4)29(22(7)28(34)23(8)30(35)38-25)39-26-16-24(32(9)10)15-21(6)37-26/h13,17-19,21-26,29H,2,12,14-16H2,1,3-11H3/b20-17+/t18-,19+,21-,22+,23-,24+,25-,26+,29+,31+/m1/s1. The number of carbonyl (C=O) groups excluding carboxylic acids is 3. The van der Waals surface area contributed by atoms with Crippen LogP contribution < -0.4 is 0 Å². The second-order valence-electron chi connectivity index (χ2n) is 11.9. The molecule has 2 heterocycles. The number of nitrogens with zero attached hydrogens (tertiary/aromatic N) is 1. The smallest absolute Gasteiger partial charge is 0.316 e. The van der Waals surface area contributed by atoms with Crippen LogP contribution in [0.15, 0.2) is 24.3 Å². The predicted molar refractivity (Wildman–Crippen MR) is 151 cm³/mol. The van der Waals surface area contributed by atoms with Crippen molar-refractivity contribution in [1.82, 2.24) is 4.90 Å². The van der Waals surface area contributed by atoms with Gasteiger partial charge in [0.2, 0.25) is 0 Å². The van der Waals surface area contributed by atoms with Gasteiger partial charge < -0.3 is 23.8 Å². The fraction of sp³-hybridized carbons (Fsp3) is 0.774. The van der Waals surface area contributed by atoms with Gasteiger partial charge in [0.05, 0.1) is 12.2 Å². The molecule has 1 saturated heterocycles. The second-order valence-corrected chi connectivity index (χ2v) is 11.9. The monoisotopic (exact) mass is 549 g/mol. The number of hydrogen-bond donors (Lipinski definition) is 0. The molecule has 0 aromatic heterocycles. The lowest BCUT2D eigenvalue weighted by molar-refractivity contribution is -0.236. The normalized spacial score (nSPS) is 40.9. The lowest BCUT2D eigenvalue weighted by Crippen LogP contribution is -2.48. The van der Waals surface area contributed by atoms with Crippen molar-refractivity contribution in [3.05, 3.63) is 24.3 Å². The van der Waals surface area contributed by atoms with Crippen molar-refractivity contribution in [2.75, 3.05) is 21.2 Å². The highest BCUT2D eigenvalue weighted by atomic mass is 16.7. The Morgan fingerprint density at radius 1 is 1.10 bits per heavy atom. The molecule has 0 N–H and O–H groups in total. The SMILES string of the molecule is C=C[C@]1(OC)/C=C(\C)C(=O)[C@H](C)C[C@H](C)[C@H](O[C@H]2C[C@@H](N(C)C)C[C@@H](C)O2)[C@@H](C)C(=O)[C@@H](C)C(=O)O[C@@H]1CC. The van der Waals surface area contributed by atoms with Crippen LogP contribution >= 0.6 is 0 Å². The fourth-order valence-electron chi connectivity index (χ4n) is 6.06. The van der Waals surface area contributed by atoms with Crippen LogP contribution in [0.5, 0.6) is 0 Å². The largest absolute Gasteiger partial charge is 0.458 e. The average Bonchev–Trinajstić information content (AvgIpc) is 2.90. The Balaban J connectivity index is 2.50. The Labute approximate surface area is 235 Å². The molecule has 0 amide bonds. The molecule has 0 aromatic rings. The lowest BCUT2D eigenvalue weighted by Gasteiger charge is -2.41. The maximum Gasteiger partial charge on any atom is 0.316 e. The van der Waals surface area contributed by atoms with Crippen molar-refractivity contribution in [1.29, 1.82) is 0 Å². The first kappa shape index (κ1) is 33.3. The molecular weight excluding hydrogens is 498 g/mol. The van der Waals surface area contributed by atoms with Crippen molar-refractivity contribution >= 4 is 17.5 Å². The van der Waals surface area contributed by atoms with Gasteiger partial charge in [-0.3, -0.25) is 14.4 Å². The number of esters is 1.